The summed E-state index contributed by atoms with van der Waals surface area (Å²) in [7, 11) is 1.96. The second kappa shape index (κ2) is 8.74. The van der Waals surface area contributed by atoms with Gasteiger partial charge in [0, 0.05) is 24.8 Å². The molecular weight excluding hydrogens is 334 g/mol. The summed E-state index contributed by atoms with van der Waals surface area (Å²) in [5.41, 5.74) is 1.14. The Morgan fingerprint density at radius 3 is 2.74 bits per heavy atom. The Kier molecular flexibility index (Phi) is 6.67. The SMILES string of the molecule is CCOC(=O)CSc1nccc(N(C)Cc2ccc(Cl)cc2)n1. The summed E-state index contributed by atoms with van der Waals surface area (Å²) in [5.74, 6) is 0.736. The molecule has 2 rings (SSSR count). The average Bonchev–Trinajstić information content (AvgIpc) is 2.55. The fourth-order valence-electron chi connectivity index (χ4n) is 1.88. The Hall–Kier alpha value is -1.79. The number of benzene rings is 1. The first kappa shape index (κ1) is 17.6. The molecule has 0 atom stereocenters. The molecule has 1 aromatic carbocycles. The van der Waals surface area contributed by atoms with Crippen molar-refractivity contribution in [2.24, 2.45) is 0 Å². The first-order valence-electron chi connectivity index (χ1n) is 7.15. The van der Waals surface area contributed by atoms with Gasteiger partial charge >= 0.3 is 5.97 Å². The van der Waals surface area contributed by atoms with Crippen molar-refractivity contribution in [2.45, 2.75) is 18.6 Å². The van der Waals surface area contributed by atoms with Crippen LogP contribution >= 0.6 is 23.4 Å². The van der Waals surface area contributed by atoms with Crippen molar-refractivity contribution in [2.75, 3.05) is 24.3 Å². The van der Waals surface area contributed by atoms with Crippen LogP contribution in [0.4, 0.5) is 5.82 Å². The molecule has 122 valence electrons. The highest BCUT2D eigenvalue weighted by Gasteiger charge is 2.09. The summed E-state index contributed by atoms with van der Waals surface area (Å²) in [5, 5.41) is 1.27. The van der Waals surface area contributed by atoms with Crippen LogP contribution in [-0.2, 0) is 16.1 Å². The van der Waals surface area contributed by atoms with Crippen molar-refractivity contribution >= 4 is 35.1 Å². The molecule has 0 aliphatic heterocycles. The molecule has 2 aromatic rings. The minimum atomic E-state index is -0.263. The number of hydrogen-bond donors (Lipinski definition) is 0. The van der Waals surface area contributed by atoms with Crippen molar-refractivity contribution < 1.29 is 9.53 Å². The number of thioether (sulfide) groups is 1. The van der Waals surface area contributed by atoms with E-state index in [9.17, 15) is 4.79 Å². The monoisotopic (exact) mass is 351 g/mol. The smallest absolute Gasteiger partial charge is 0.316 e. The molecule has 0 aliphatic rings. The second-order valence-electron chi connectivity index (χ2n) is 4.77. The summed E-state index contributed by atoms with van der Waals surface area (Å²) in [6.45, 7) is 2.87. The quantitative estimate of drug-likeness (QED) is 0.433. The Labute approximate surface area is 145 Å². The lowest BCUT2D eigenvalue weighted by Gasteiger charge is -2.18. The molecule has 0 bridgehead atoms. The summed E-state index contributed by atoms with van der Waals surface area (Å²) in [4.78, 5) is 22.0. The Bertz CT molecular complexity index is 652. The molecule has 5 nitrogen and oxygen atoms in total. The largest absolute Gasteiger partial charge is 0.465 e. The maximum Gasteiger partial charge on any atom is 0.316 e. The molecule has 23 heavy (non-hydrogen) atoms. The van der Waals surface area contributed by atoms with Crippen molar-refractivity contribution in [3.63, 3.8) is 0 Å². The number of esters is 1. The first-order chi connectivity index (χ1) is 11.1. The van der Waals surface area contributed by atoms with E-state index >= 15 is 0 Å². The van der Waals surface area contributed by atoms with E-state index in [0.717, 1.165) is 16.4 Å². The van der Waals surface area contributed by atoms with E-state index in [-0.39, 0.29) is 11.7 Å². The van der Waals surface area contributed by atoms with Gasteiger partial charge in [0.15, 0.2) is 5.16 Å². The lowest BCUT2D eigenvalue weighted by molar-refractivity contribution is -0.139. The maximum absolute atomic E-state index is 11.4. The molecule has 0 spiro atoms. The molecule has 0 saturated carbocycles. The predicted molar refractivity (Wildman–Crippen MR) is 92.9 cm³/mol. The summed E-state index contributed by atoms with van der Waals surface area (Å²) in [6, 6.07) is 9.54. The minimum Gasteiger partial charge on any atom is -0.465 e. The molecule has 0 fully saturated rings. The molecule has 0 saturated heterocycles. The van der Waals surface area contributed by atoms with Crippen LogP contribution < -0.4 is 4.90 Å². The van der Waals surface area contributed by atoms with Crippen LogP contribution in [0.3, 0.4) is 0 Å². The zero-order chi connectivity index (χ0) is 16.7. The van der Waals surface area contributed by atoms with E-state index < -0.39 is 0 Å². The lowest BCUT2D eigenvalue weighted by atomic mass is 10.2. The van der Waals surface area contributed by atoms with E-state index in [2.05, 4.69) is 9.97 Å². The molecule has 1 aromatic heterocycles. The number of carbonyl (C=O) groups is 1. The van der Waals surface area contributed by atoms with Gasteiger partial charge in [0.2, 0.25) is 0 Å². The Morgan fingerprint density at radius 2 is 2.04 bits per heavy atom. The zero-order valence-electron chi connectivity index (χ0n) is 13.0. The van der Waals surface area contributed by atoms with Gasteiger partial charge in [-0.05, 0) is 30.7 Å². The van der Waals surface area contributed by atoms with Crippen LogP contribution in [0.5, 0.6) is 0 Å². The molecule has 0 radical (unpaired) electrons. The number of aromatic nitrogens is 2. The first-order valence-corrected chi connectivity index (χ1v) is 8.52. The molecular formula is C16H18ClN3O2S. The molecule has 0 amide bonds. The van der Waals surface area contributed by atoms with E-state index in [4.69, 9.17) is 16.3 Å². The normalized spacial score (nSPS) is 10.4. The van der Waals surface area contributed by atoms with Crippen LogP contribution in [0, 0.1) is 0 Å². The fraction of sp³-hybridized carbons (Fsp3) is 0.312. The number of nitrogens with zero attached hydrogens (tertiary/aromatic N) is 3. The van der Waals surface area contributed by atoms with E-state index in [1.165, 1.54) is 11.8 Å². The number of rotatable bonds is 7. The number of ether oxygens (including phenoxy) is 1. The maximum atomic E-state index is 11.4. The van der Waals surface area contributed by atoms with Gasteiger partial charge in [-0.1, -0.05) is 35.5 Å². The summed E-state index contributed by atoms with van der Waals surface area (Å²) >= 11 is 7.16. The molecule has 7 heteroatoms. The van der Waals surface area contributed by atoms with Gasteiger partial charge in [-0.2, -0.15) is 0 Å². The molecule has 0 aliphatic carbocycles. The van der Waals surface area contributed by atoms with Gasteiger partial charge in [-0.25, -0.2) is 9.97 Å². The van der Waals surface area contributed by atoms with E-state index in [0.29, 0.717) is 18.3 Å². The number of carbonyl (C=O) groups excluding carboxylic acids is 1. The van der Waals surface area contributed by atoms with Crippen LogP contribution in [0.15, 0.2) is 41.7 Å². The average molecular weight is 352 g/mol. The topological polar surface area (TPSA) is 55.3 Å². The number of halogens is 1. The predicted octanol–water partition coefficient (Wildman–Crippen LogP) is 3.42. The van der Waals surface area contributed by atoms with Crippen molar-refractivity contribution in [3.8, 4) is 0 Å². The van der Waals surface area contributed by atoms with Crippen LogP contribution in [0.1, 0.15) is 12.5 Å². The Balaban J connectivity index is 1.97. The third kappa shape index (κ3) is 5.73. The van der Waals surface area contributed by atoms with Gasteiger partial charge in [0.05, 0.1) is 12.4 Å². The number of anilines is 1. The van der Waals surface area contributed by atoms with Crippen LogP contribution in [-0.4, -0.2) is 35.3 Å². The third-order valence-electron chi connectivity index (χ3n) is 2.97. The van der Waals surface area contributed by atoms with E-state index in [1.807, 2.05) is 42.3 Å². The standard InChI is InChI=1S/C16H18ClN3O2S/c1-3-22-15(21)11-23-16-18-9-8-14(19-16)20(2)10-12-4-6-13(17)7-5-12/h4-9H,3,10-11H2,1-2H3. The van der Waals surface area contributed by atoms with Crippen molar-refractivity contribution in [1.29, 1.82) is 0 Å². The highest BCUT2D eigenvalue weighted by atomic mass is 35.5. The Morgan fingerprint density at radius 1 is 1.30 bits per heavy atom. The molecule has 0 unspecified atom stereocenters. The molecule has 1 heterocycles. The zero-order valence-corrected chi connectivity index (χ0v) is 14.6. The highest BCUT2D eigenvalue weighted by molar-refractivity contribution is 7.99. The van der Waals surface area contributed by atoms with Gasteiger partial charge in [-0.3, -0.25) is 4.79 Å². The van der Waals surface area contributed by atoms with Gasteiger partial charge in [0.1, 0.15) is 5.82 Å². The van der Waals surface area contributed by atoms with Crippen LogP contribution in [0.2, 0.25) is 5.02 Å². The minimum absolute atomic E-state index is 0.207. The van der Waals surface area contributed by atoms with E-state index in [1.54, 1.807) is 13.1 Å². The highest BCUT2D eigenvalue weighted by Crippen LogP contribution is 2.18. The van der Waals surface area contributed by atoms with Gasteiger partial charge < -0.3 is 9.64 Å². The lowest BCUT2D eigenvalue weighted by Crippen LogP contribution is -2.18. The second-order valence-corrected chi connectivity index (χ2v) is 6.15. The van der Waals surface area contributed by atoms with Gasteiger partial charge in [0.25, 0.3) is 0 Å². The van der Waals surface area contributed by atoms with Gasteiger partial charge in [-0.15, -0.1) is 0 Å². The molecule has 0 N–H and O–H groups in total. The summed E-state index contributed by atoms with van der Waals surface area (Å²) in [6.07, 6.45) is 1.69. The van der Waals surface area contributed by atoms with Crippen molar-refractivity contribution in [1.82, 2.24) is 9.97 Å². The summed E-state index contributed by atoms with van der Waals surface area (Å²) < 4.78 is 4.89. The fourth-order valence-corrected chi connectivity index (χ4v) is 2.63. The third-order valence-corrected chi connectivity index (χ3v) is 4.05. The van der Waals surface area contributed by atoms with Crippen molar-refractivity contribution in [3.05, 3.63) is 47.1 Å². The van der Waals surface area contributed by atoms with Crippen LogP contribution in [0.25, 0.3) is 0 Å². The number of hydrogen-bond acceptors (Lipinski definition) is 6.